The van der Waals surface area contributed by atoms with Gasteiger partial charge in [0.1, 0.15) is 0 Å². The van der Waals surface area contributed by atoms with Crippen LogP contribution in [-0.4, -0.2) is 29.4 Å². The smallest absolute Gasteiger partial charge is 0.164 e. The van der Waals surface area contributed by atoms with Crippen LogP contribution < -0.4 is 0 Å². The Morgan fingerprint density at radius 1 is 1.35 bits per heavy atom. The zero-order valence-electron chi connectivity index (χ0n) is 10.6. The fourth-order valence-corrected chi connectivity index (χ4v) is 1.91. The molecule has 0 aliphatic carbocycles. The zero-order chi connectivity index (χ0) is 12.8. The summed E-state index contributed by atoms with van der Waals surface area (Å²) >= 11 is 1.62. The molecule has 0 amide bonds. The van der Waals surface area contributed by atoms with Crippen molar-refractivity contribution in [1.29, 1.82) is 5.26 Å². The number of aliphatic imine (C=N–C) groups is 1. The number of amidine groups is 1. The highest BCUT2D eigenvalue weighted by atomic mass is 32.2. The maximum Gasteiger partial charge on any atom is 0.164 e. The molecule has 0 unspecified atom stereocenters. The van der Waals surface area contributed by atoms with Crippen molar-refractivity contribution in [3.63, 3.8) is 0 Å². The van der Waals surface area contributed by atoms with Crippen molar-refractivity contribution in [2.75, 3.05) is 13.3 Å². The van der Waals surface area contributed by atoms with Crippen LogP contribution in [0.25, 0.3) is 0 Å². The van der Waals surface area contributed by atoms with Gasteiger partial charge in [0.05, 0.1) is 17.3 Å². The molecule has 3 nitrogen and oxygen atoms in total. The molecule has 1 aromatic rings. The first-order valence-corrected chi connectivity index (χ1v) is 6.66. The van der Waals surface area contributed by atoms with Crippen LogP contribution in [0, 0.1) is 11.3 Å². The van der Waals surface area contributed by atoms with Gasteiger partial charge < -0.3 is 4.90 Å². The minimum absolute atomic E-state index is 0.416. The van der Waals surface area contributed by atoms with Crippen LogP contribution in [-0.2, 0) is 0 Å². The third-order valence-corrected chi connectivity index (χ3v) is 3.22. The molecule has 0 N–H and O–H groups in total. The van der Waals surface area contributed by atoms with E-state index in [0.717, 1.165) is 10.9 Å². The molecule has 1 aromatic carbocycles. The quantitative estimate of drug-likeness (QED) is 0.595. The first-order chi connectivity index (χ1) is 8.08. The van der Waals surface area contributed by atoms with Gasteiger partial charge in [0, 0.05) is 13.1 Å². The lowest BCUT2D eigenvalue weighted by Gasteiger charge is -2.23. The van der Waals surface area contributed by atoms with Gasteiger partial charge in [0.25, 0.3) is 0 Å². The molecule has 17 heavy (non-hydrogen) atoms. The molecule has 0 aliphatic rings. The summed E-state index contributed by atoms with van der Waals surface area (Å²) in [7, 11) is 2.03. The van der Waals surface area contributed by atoms with Gasteiger partial charge in [-0.15, -0.1) is 0 Å². The molecule has 1 rings (SSSR count). The summed E-state index contributed by atoms with van der Waals surface area (Å²) < 4.78 is 0. The molecule has 0 aromatic heterocycles. The van der Waals surface area contributed by atoms with Crippen LogP contribution in [0.1, 0.15) is 19.4 Å². The predicted octanol–water partition coefficient (Wildman–Crippen LogP) is 3.25. The van der Waals surface area contributed by atoms with Crippen molar-refractivity contribution in [3.8, 4) is 6.07 Å². The van der Waals surface area contributed by atoms with Gasteiger partial charge in [0.15, 0.2) is 5.17 Å². The molecule has 0 heterocycles. The molecule has 4 heteroatoms. The summed E-state index contributed by atoms with van der Waals surface area (Å²) in [5, 5.41) is 9.70. The third kappa shape index (κ3) is 3.79. The molecular weight excluding hydrogens is 230 g/mol. The lowest BCUT2D eigenvalue weighted by molar-refractivity contribution is 0.425. The highest BCUT2D eigenvalue weighted by molar-refractivity contribution is 8.13. The minimum atomic E-state index is 0.416. The topological polar surface area (TPSA) is 39.4 Å². The normalized spacial score (nSPS) is 11.4. The Bertz CT molecular complexity index is 429. The van der Waals surface area contributed by atoms with Crippen LogP contribution in [0.15, 0.2) is 29.3 Å². The average molecular weight is 247 g/mol. The molecule has 0 bridgehead atoms. The van der Waals surface area contributed by atoms with Gasteiger partial charge in [-0.3, -0.25) is 0 Å². The predicted molar refractivity (Wildman–Crippen MR) is 74.7 cm³/mol. The fourth-order valence-electron chi connectivity index (χ4n) is 1.21. The molecule has 0 atom stereocenters. The van der Waals surface area contributed by atoms with Crippen molar-refractivity contribution < 1.29 is 0 Å². The van der Waals surface area contributed by atoms with Crippen LogP contribution >= 0.6 is 11.8 Å². The third-order valence-electron chi connectivity index (χ3n) is 2.48. The molecule has 90 valence electrons. The van der Waals surface area contributed by atoms with Gasteiger partial charge in [-0.1, -0.05) is 11.8 Å². The lowest BCUT2D eigenvalue weighted by Crippen LogP contribution is -2.30. The average Bonchev–Trinajstić information content (AvgIpc) is 2.35. The molecule has 0 radical (unpaired) electrons. The van der Waals surface area contributed by atoms with Crippen LogP contribution in [0.4, 0.5) is 5.69 Å². The summed E-state index contributed by atoms with van der Waals surface area (Å²) in [6, 6.07) is 9.81. The summed E-state index contributed by atoms with van der Waals surface area (Å²) in [6.45, 7) is 4.26. The maximum absolute atomic E-state index is 8.72. The highest BCUT2D eigenvalue weighted by Gasteiger charge is 2.08. The van der Waals surface area contributed by atoms with E-state index in [1.54, 1.807) is 23.9 Å². The number of hydrogen-bond donors (Lipinski definition) is 0. The van der Waals surface area contributed by atoms with Crippen LogP contribution in [0.3, 0.4) is 0 Å². The van der Waals surface area contributed by atoms with E-state index in [4.69, 9.17) is 5.26 Å². The first-order valence-electron chi connectivity index (χ1n) is 5.44. The first kappa shape index (κ1) is 13.6. The van der Waals surface area contributed by atoms with Gasteiger partial charge in [-0.25, -0.2) is 4.99 Å². The van der Waals surface area contributed by atoms with E-state index in [2.05, 4.69) is 29.8 Å². The second-order valence-corrected chi connectivity index (χ2v) is 4.74. The lowest BCUT2D eigenvalue weighted by atomic mass is 10.2. The molecule has 0 saturated heterocycles. The molecular formula is C13H17N3S. The van der Waals surface area contributed by atoms with Gasteiger partial charge in [0.2, 0.25) is 0 Å². The number of rotatable bonds is 2. The second kappa shape index (κ2) is 6.31. The number of benzene rings is 1. The Morgan fingerprint density at radius 2 is 1.94 bits per heavy atom. The number of nitriles is 1. The van der Waals surface area contributed by atoms with Gasteiger partial charge >= 0.3 is 0 Å². The van der Waals surface area contributed by atoms with E-state index in [0.29, 0.717) is 11.6 Å². The monoisotopic (exact) mass is 247 g/mol. The maximum atomic E-state index is 8.72. The summed E-state index contributed by atoms with van der Waals surface area (Å²) in [5.41, 5.74) is 1.53. The van der Waals surface area contributed by atoms with Crippen molar-refractivity contribution in [1.82, 2.24) is 4.90 Å². The molecule has 0 saturated carbocycles. The standard InChI is InChI=1S/C13H17N3S/c1-10(2)16(3)13(17-4)15-12-7-5-11(9-14)6-8-12/h5-8,10H,1-4H3. The molecule has 0 fully saturated rings. The van der Waals surface area contributed by atoms with Crippen molar-refractivity contribution in [2.45, 2.75) is 19.9 Å². The van der Waals surface area contributed by atoms with E-state index in [9.17, 15) is 0 Å². The largest absolute Gasteiger partial charge is 0.352 e. The van der Waals surface area contributed by atoms with Gasteiger partial charge in [-0.05, 0) is 44.4 Å². The van der Waals surface area contributed by atoms with Crippen molar-refractivity contribution in [3.05, 3.63) is 29.8 Å². The van der Waals surface area contributed by atoms with E-state index < -0.39 is 0 Å². The van der Waals surface area contributed by atoms with Gasteiger partial charge in [-0.2, -0.15) is 5.26 Å². The Labute approximate surface area is 107 Å². The number of hydrogen-bond acceptors (Lipinski definition) is 3. The van der Waals surface area contributed by atoms with E-state index in [1.807, 2.05) is 25.4 Å². The Kier molecular flexibility index (Phi) is 5.05. The molecule has 0 aliphatic heterocycles. The van der Waals surface area contributed by atoms with E-state index in [1.165, 1.54) is 0 Å². The number of thioether (sulfide) groups is 1. The Morgan fingerprint density at radius 3 is 2.35 bits per heavy atom. The van der Waals surface area contributed by atoms with E-state index in [-0.39, 0.29) is 0 Å². The minimum Gasteiger partial charge on any atom is -0.352 e. The second-order valence-electron chi connectivity index (χ2n) is 3.96. The highest BCUT2D eigenvalue weighted by Crippen LogP contribution is 2.17. The number of nitrogens with zero attached hydrogens (tertiary/aromatic N) is 3. The summed E-state index contributed by atoms with van der Waals surface area (Å²) in [6.07, 6.45) is 2.02. The van der Waals surface area contributed by atoms with Crippen LogP contribution in [0.5, 0.6) is 0 Å². The van der Waals surface area contributed by atoms with Crippen molar-refractivity contribution >= 4 is 22.6 Å². The SMILES string of the molecule is CSC(=Nc1ccc(C#N)cc1)N(C)C(C)C. The fraction of sp³-hybridized carbons (Fsp3) is 0.385. The van der Waals surface area contributed by atoms with E-state index >= 15 is 0 Å². The Balaban J connectivity index is 2.94. The van der Waals surface area contributed by atoms with Crippen LogP contribution in [0.2, 0.25) is 0 Å². The summed E-state index contributed by atoms with van der Waals surface area (Å²) in [5.74, 6) is 0. The Hall–Kier alpha value is -1.47. The summed E-state index contributed by atoms with van der Waals surface area (Å²) in [4.78, 5) is 6.70. The molecule has 0 spiro atoms. The van der Waals surface area contributed by atoms with Crippen molar-refractivity contribution in [2.24, 2.45) is 4.99 Å². The zero-order valence-corrected chi connectivity index (χ0v) is 11.5.